The maximum Gasteiger partial charge on any atom is 0.255 e. The molecule has 0 bridgehead atoms. The van der Waals surface area contributed by atoms with Gasteiger partial charge in [0.25, 0.3) is 5.91 Å². The molecule has 1 amide bonds. The van der Waals surface area contributed by atoms with Crippen molar-refractivity contribution in [1.29, 1.82) is 0 Å². The summed E-state index contributed by atoms with van der Waals surface area (Å²) in [4.78, 5) is 12.9. The van der Waals surface area contributed by atoms with E-state index in [9.17, 15) is 4.79 Å². The maximum atomic E-state index is 12.9. The fourth-order valence-electron chi connectivity index (χ4n) is 3.39. The number of benzene rings is 2. The van der Waals surface area contributed by atoms with Gasteiger partial charge in [-0.25, -0.2) is 0 Å². The Kier molecular flexibility index (Phi) is 3.46. The van der Waals surface area contributed by atoms with Crippen LogP contribution in [0.1, 0.15) is 42.2 Å². The molecule has 1 aliphatic heterocycles. The molecule has 5 nitrogen and oxygen atoms in total. The number of anilines is 1. The standard InChI is InChI=1S/C20H20N2O3/c1-20(2)10-16(14-9-12(21)7-8-18(14)25-20)22-19(23)15-11-24-17-6-4-3-5-13(15)17/h3-9,11,16H,10,21H2,1-2H3,(H,22,23). The van der Waals surface area contributed by atoms with E-state index in [1.807, 2.05) is 56.3 Å². The van der Waals surface area contributed by atoms with Gasteiger partial charge in [0, 0.05) is 23.1 Å². The Hall–Kier alpha value is -2.95. The number of carbonyl (C=O) groups is 1. The van der Waals surface area contributed by atoms with Crippen molar-refractivity contribution in [1.82, 2.24) is 5.32 Å². The fourth-order valence-corrected chi connectivity index (χ4v) is 3.39. The molecule has 3 N–H and O–H groups in total. The van der Waals surface area contributed by atoms with E-state index in [1.165, 1.54) is 6.26 Å². The second kappa shape index (κ2) is 5.55. The van der Waals surface area contributed by atoms with Crippen LogP contribution in [0.5, 0.6) is 5.75 Å². The summed E-state index contributed by atoms with van der Waals surface area (Å²) in [5, 5.41) is 3.92. The van der Waals surface area contributed by atoms with Crippen LogP contribution in [0.25, 0.3) is 11.0 Å². The number of hydrogen-bond acceptors (Lipinski definition) is 4. The lowest BCUT2D eigenvalue weighted by Crippen LogP contribution is -2.41. The molecule has 0 radical (unpaired) electrons. The lowest BCUT2D eigenvalue weighted by molar-refractivity contribution is 0.0620. The molecule has 0 saturated heterocycles. The third-order valence-corrected chi connectivity index (χ3v) is 4.52. The lowest BCUT2D eigenvalue weighted by atomic mass is 9.89. The maximum absolute atomic E-state index is 12.9. The van der Waals surface area contributed by atoms with Crippen molar-refractivity contribution in [2.75, 3.05) is 5.73 Å². The summed E-state index contributed by atoms with van der Waals surface area (Å²) < 4.78 is 11.5. The molecule has 2 aromatic carbocycles. The summed E-state index contributed by atoms with van der Waals surface area (Å²) in [7, 11) is 0. The highest BCUT2D eigenvalue weighted by molar-refractivity contribution is 6.06. The topological polar surface area (TPSA) is 77.5 Å². The van der Waals surface area contributed by atoms with Gasteiger partial charge in [-0.1, -0.05) is 18.2 Å². The van der Waals surface area contributed by atoms with Gasteiger partial charge in [-0.2, -0.15) is 0 Å². The first-order valence-corrected chi connectivity index (χ1v) is 8.28. The first kappa shape index (κ1) is 15.6. The van der Waals surface area contributed by atoms with E-state index >= 15 is 0 Å². The molecule has 1 unspecified atom stereocenters. The normalized spacial score (nSPS) is 18.4. The molecular formula is C20H20N2O3. The highest BCUT2D eigenvalue weighted by atomic mass is 16.5. The minimum absolute atomic E-state index is 0.166. The molecule has 128 valence electrons. The molecule has 0 fully saturated rings. The first-order valence-electron chi connectivity index (χ1n) is 8.28. The number of carbonyl (C=O) groups excluding carboxylic acids is 1. The first-order chi connectivity index (χ1) is 11.9. The largest absolute Gasteiger partial charge is 0.487 e. The summed E-state index contributed by atoms with van der Waals surface area (Å²) >= 11 is 0. The smallest absolute Gasteiger partial charge is 0.255 e. The number of para-hydroxylation sites is 1. The van der Waals surface area contributed by atoms with Crippen molar-refractivity contribution >= 4 is 22.6 Å². The quantitative estimate of drug-likeness (QED) is 0.692. The summed E-state index contributed by atoms with van der Waals surface area (Å²) in [6.07, 6.45) is 2.16. The predicted molar refractivity (Wildman–Crippen MR) is 96.6 cm³/mol. The third-order valence-electron chi connectivity index (χ3n) is 4.52. The monoisotopic (exact) mass is 336 g/mol. The zero-order valence-electron chi connectivity index (χ0n) is 14.2. The van der Waals surface area contributed by atoms with Crippen LogP contribution in [-0.4, -0.2) is 11.5 Å². The van der Waals surface area contributed by atoms with Crippen molar-refractivity contribution in [2.45, 2.75) is 31.9 Å². The van der Waals surface area contributed by atoms with E-state index in [-0.39, 0.29) is 17.6 Å². The summed E-state index contributed by atoms with van der Waals surface area (Å²) in [6.45, 7) is 4.03. The van der Waals surface area contributed by atoms with E-state index in [2.05, 4.69) is 5.32 Å². The van der Waals surface area contributed by atoms with Gasteiger partial charge in [0.2, 0.25) is 0 Å². The van der Waals surface area contributed by atoms with Gasteiger partial charge in [-0.05, 0) is 38.1 Å². The average Bonchev–Trinajstić information content (AvgIpc) is 2.99. The van der Waals surface area contributed by atoms with Crippen LogP contribution in [0, 0.1) is 0 Å². The molecule has 3 aromatic rings. The SMILES string of the molecule is CC1(C)CC(NC(=O)c2coc3ccccc23)c2cc(N)ccc2O1. The molecule has 2 heterocycles. The highest BCUT2D eigenvalue weighted by Crippen LogP contribution is 2.40. The van der Waals surface area contributed by atoms with Crippen molar-refractivity contribution in [2.24, 2.45) is 0 Å². The molecule has 0 saturated carbocycles. The Morgan fingerprint density at radius 3 is 2.88 bits per heavy atom. The van der Waals surface area contributed by atoms with Gasteiger partial charge >= 0.3 is 0 Å². The Bertz CT molecular complexity index is 958. The molecule has 1 aliphatic rings. The number of hydrogen-bond donors (Lipinski definition) is 2. The molecule has 5 heteroatoms. The Balaban J connectivity index is 1.68. The van der Waals surface area contributed by atoms with Gasteiger partial charge in [-0.15, -0.1) is 0 Å². The van der Waals surface area contributed by atoms with Crippen LogP contribution in [0.2, 0.25) is 0 Å². The molecule has 0 aliphatic carbocycles. The van der Waals surface area contributed by atoms with E-state index in [0.717, 1.165) is 16.7 Å². The lowest BCUT2D eigenvalue weighted by Gasteiger charge is -2.38. The van der Waals surface area contributed by atoms with Crippen molar-refractivity contribution in [3.63, 3.8) is 0 Å². The van der Waals surface area contributed by atoms with Crippen LogP contribution in [0.3, 0.4) is 0 Å². The van der Waals surface area contributed by atoms with Crippen LogP contribution >= 0.6 is 0 Å². The number of amides is 1. The minimum Gasteiger partial charge on any atom is -0.487 e. The van der Waals surface area contributed by atoms with Gasteiger partial charge in [-0.3, -0.25) is 4.79 Å². The zero-order chi connectivity index (χ0) is 17.6. The van der Waals surface area contributed by atoms with Crippen molar-refractivity contribution in [3.05, 3.63) is 59.9 Å². The second-order valence-electron chi connectivity index (χ2n) is 7.03. The molecular weight excluding hydrogens is 316 g/mol. The average molecular weight is 336 g/mol. The van der Waals surface area contributed by atoms with E-state index in [4.69, 9.17) is 14.9 Å². The number of ether oxygens (including phenoxy) is 1. The van der Waals surface area contributed by atoms with Crippen molar-refractivity contribution in [3.8, 4) is 5.75 Å². The van der Waals surface area contributed by atoms with Crippen molar-refractivity contribution < 1.29 is 13.9 Å². The Morgan fingerprint density at radius 1 is 1.24 bits per heavy atom. The van der Waals surface area contributed by atoms with Crippen LogP contribution in [-0.2, 0) is 0 Å². The molecule has 25 heavy (non-hydrogen) atoms. The predicted octanol–water partition coefficient (Wildman–Crippen LogP) is 4.05. The van der Waals surface area contributed by atoms with Gasteiger partial charge < -0.3 is 20.2 Å². The highest BCUT2D eigenvalue weighted by Gasteiger charge is 2.35. The third kappa shape index (κ3) is 2.82. The fraction of sp³-hybridized carbons (Fsp3) is 0.250. The number of fused-ring (bicyclic) bond motifs is 2. The molecule has 0 spiro atoms. The summed E-state index contributed by atoms with van der Waals surface area (Å²) in [6, 6.07) is 12.9. The number of rotatable bonds is 2. The molecule has 1 aromatic heterocycles. The molecule has 1 atom stereocenters. The van der Waals surface area contributed by atoms with Crippen LogP contribution < -0.4 is 15.8 Å². The number of furan rings is 1. The van der Waals surface area contributed by atoms with E-state index in [0.29, 0.717) is 23.3 Å². The number of nitrogens with two attached hydrogens (primary N) is 1. The zero-order valence-corrected chi connectivity index (χ0v) is 14.2. The summed E-state index contributed by atoms with van der Waals surface area (Å²) in [5.41, 5.74) is 8.34. The Morgan fingerprint density at radius 2 is 2.04 bits per heavy atom. The number of nitrogen functional groups attached to an aromatic ring is 1. The minimum atomic E-state index is -0.375. The van der Waals surface area contributed by atoms with Crippen LogP contribution in [0.15, 0.2) is 53.1 Å². The van der Waals surface area contributed by atoms with E-state index < -0.39 is 0 Å². The van der Waals surface area contributed by atoms with Gasteiger partial charge in [0.1, 0.15) is 23.2 Å². The molecule has 4 rings (SSSR count). The van der Waals surface area contributed by atoms with Gasteiger partial charge in [0.05, 0.1) is 11.6 Å². The van der Waals surface area contributed by atoms with Gasteiger partial charge in [0.15, 0.2) is 0 Å². The Labute approximate surface area is 145 Å². The van der Waals surface area contributed by atoms with E-state index in [1.54, 1.807) is 0 Å². The second-order valence-corrected chi connectivity index (χ2v) is 7.03. The number of nitrogens with one attached hydrogen (secondary N) is 1. The summed E-state index contributed by atoms with van der Waals surface area (Å²) in [5.74, 6) is 0.592. The van der Waals surface area contributed by atoms with Crippen LogP contribution in [0.4, 0.5) is 5.69 Å².